The number of carbonyl (C=O) groups excluding carboxylic acids is 11. The molecule has 11 amide bonds. The number of hydrogen-bond acceptors (Lipinski definition) is 15. The number of aliphatic imine (C=N–C) groups is 1. The normalized spacial score (nSPS) is 20.8. The smallest absolute Gasteiger partial charge is 0.244 e. The summed E-state index contributed by atoms with van der Waals surface area (Å²) in [5.41, 5.74) is 27.6. The van der Waals surface area contributed by atoms with E-state index in [0.717, 1.165) is 21.6 Å². The van der Waals surface area contributed by atoms with E-state index in [-0.39, 0.29) is 67.8 Å². The van der Waals surface area contributed by atoms with Gasteiger partial charge in [0.15, 0.2) is 5.96 Å². The Labute approximate surface area is 425 Å². The van der Waals surface area contributed by atoms with Crippen molar-refractivity contribution < 1.29 is 57.8 Å². The van der Waals surface area contributed by atoms with Gasteiger partial charge in [0.05, 0.1) is 13.0 Å². The van der Waals surface area contributed by atoms with Crippen molar-refractivity contribution in [3.8, 4) is 5.75 Å². The first-order valence-corrected chi connectivity index (χ1v) is 25.7. The Morgan fingerprint density at radius 3 is 1.99 bits per heavy atom. The average molecular weight is 1050 g/mol. The SMILES string of the molecule is CC[C@H](C)[C@@H]1NC(=O)[C@H](Cc2ccc(O)cc2)NC(=O)CCSSC[C@@H](C(=O)N[C@@H](CCCN=C(N)N)C(=O)N[C@@H](CC(C)C)C(=O)NCC(N)=O)NC(=O)[C@H](CC(N)=O)NC(=O)[C@H](CCC(N)=O)NC1=O. The number of benzene rings is 1. The van der Waals surface area contributed by atoms with Gasteiger partial charge in [-0.1, -0.05) is 67.8 Å². The van der Waals surface area contributed by atoms with Gasteiger partial charge in [0.2, 0.25) is 65.0 Å². The molecule has 1 aromatic carbocycles. The van der Waals surface area contributed by atoms with E-state index in [1.165, 1.54) is 12.1 Å². The van der Waals surface area contributed by atoms with Crippen LogP contribution in [0.1, 0.15) is 84.6 Å². The van der Waals surface area contributed by atoms with Crippen LogP contribution in [0.15, 0.2) is 29.3 Å². The number of primary amides is 3. The van der Waals surface area contributed by atoms with E-state index < -0.39 is 139 Å². The summed E-state index contributed by atoms with van der Waals surface area (Å²) in [6.45, 7) is 6.47. The Kier molecular flexibility index (Phi) is 26.8. The molecule has 1 aromatic rings. The monoisotopic (exact) mass is 1050 g/mol. The van der Waals surface area contributed by atoms with Gasteiger partial charge >= 0.3 is 0 Å². The van der Waals surface area contributed by atoms with E-state index >= 15 is 0 Å². The zero-order valence-electron chi connectivity index (χ0n) is 40.8. The predicted molar refractivity (Wildman–Crippen MR) is 268 cm³/mol. The third kappa shape index (κ3) is 23.4. The van der Waals surface area contributed by atoms with Crippen molar-refractivity contribution in [3.63, 3.8) is 0 Å². The van der Waals surface area contributed by atoms with Crippen molar-refractivity contribution in [2.75, 3.05) is 24.6 Å². The van der Waals surface area contributed by atoms with E-state index in [1.54, 1.807) is 39.8 Å². The Balaban J connectivity index is 2.65. The molecule has 72 heavy (non-hydrogen) atoms. The zero-order chi connectivity index (χ0) is 54.1. The Hall–Kier alpha value is -6.84. The summed E-state index contributed by atoms with van der Waals surface area (Å²) in [5.74, 6) is -10.8. The molecule has 0 spiro atoms. The lowest BCUT2D eigenvalue weighted by atomic mass is 9.96. The highest BCUT2D eigenvalue weighted by Gasteiger charge is 2.36. The van der Waals surface area contributed by atoms with Crippen LogP contribution in [0.3, 0.4) is 0 Å². The Bertz CT molecular complexity index is 2110. The zero-order valence-corrected chi connectivity index (χ0v) is 42.4. The summed E-state index contributed by atoms with van der Waals surface area (Å²) in [6, 6.07) is -4.17. The molecule has 400 valence electrons. The van der Waals surface area contributed by atoms with Crippen molar-refractivity contribution in [3.05, 3.63) is 29.8 Å². The molecule has 0 bridgehead atoms. The molecule has 2 rings (SSSR count). The maximum Gasteiger partial charge on any atom is 0.244 e. The van der Waals surface area contributed by atoms with Gasteiger partial charge in [-0.25, -0.2) is 0 Å². The third-order valence-electron chi connectivity index (χ3n) is 10.9. The number of nitrogens with two attached hydrogens (primary N) is 5. The summed E-state index contributed by atoms with van der Waals surface area (Å²) < 4.78 is 0. The number of nitrogens with zero attached hydrogens (tertiary/aromatic N) is 1. The number of carbonyl (C=O) groups is 11. The minimum absolute atomic E-state index is 0.0205. The molecule has 19 N–H and O–H groups in total. The molecule has 1 saturated heterocycles. The van der Waals surface area contributed by atoms with Crippen LogP contribution in [0.5, 0.6) is 5.75 Å². The van der Waals surface area contributed by atoms with Crippen LogP contribution in [-0.4, -0.2) is 143 Å². The van der Waals surface area contributed by atoms with Gasteiger partial charge < -0.3 is 76.3 Å². The number of guanidine groups is 1. The second-order valence-electron chi connectivity index (χ2n) is 17.5. The number of phenols is 1. The number of aromatic hydroxyl groups is 1. The number of phenolic OH excluding ortho intramolecular Hbond substituents is 1. The molecule has 8 atom stereocenters. The fourth-order valence-corrected chi connectivity index (χ4v) is 9.04. The van der Waals surface area contributed by atoms with Crippen molar-refractivity contribution >= 4 is 92.5 Å². The second-order valence-corrected chi connectivity index (χ2v) is 20.1. The Morgan fingerprint density at radius 2 is 1.39 bits per heavy atom. The van der Waals surface area contributed by atoms with Gasteiger partial charge in [0.25, 0.3) is 0 Å². The summed E-state index contributed by atoms with van der Waals surface area (Å²) in [6.07, 6.45) is -1.43. The van der Waals surface area contributed by atoms with Crippen LogP contribution in [0, 0.1) is 11.8 Å². The topological polar surface area (TPSA) is 447 Å². The lowest BCUT2D eigenvalue weighted by Gasteiger charge is -2.29. The number of amides is 11. The quantitative estimate of drug-likeness (QED) is 0.0228. The van der Waals surface area contributed by atoms with Gasteiger partial charge in [0, 0.05) is 37.3 Å². The molecule has 0 saturated carbocycles. The molecule has 1 aliphatic rings. The number of nitrogens with one attached hydrogen (secondary N) is 8. The second kappa shape index (κ2) is 31.5. The van der Waals surface area contributed by atoms with Gasteiger partial charge in [-0.15, -0.1) is 0 Å². The standard InChI is InChI=1S/C44H70N14O12S2/c1-5-23(4)36-43(70)54-27(12-13-32(45)60)39(66)56-30(19-33(46)61)40(67)57-31(21-72-71-16-14-35(63)52-29(41(68)58-36)18-24-8-10-25(59)11-9-24)42(69)53-26(7-6-15-50-44(48)49)38(65)55-28(17-22(2)3)37(64)51-20-34(47)62/h8-11,22-23,26-31,36,59H,5-7,12-21H2,1-4H3,(H2,45,60)(H2,46,61)(H2,47,62)(H,51,64)(H,52,63)(H,53,69)(H,54,70)(H,55,65)(H,56,66)(H,57,67)(H,58,68)(H4,48,49,50)/t23-,26-,27-,28-,29-,30-,31-,36-/m0/s1. The summed E-state index contributed by atoms with van der Waals surface area (Å²) >= 11 is 0. The van der Waals surface area contributed by atoms with E-state index in [4.69, 9.17) is 28.7 Å². The van der Waals surface area contributed by atoms with E-state index in [1.807, 2.05) is 0 Å². The van der Waals surface area contributed by atoms with Gasteiger partial charge in [-0.3, -0.25) is 57.7 Å². The van der Waals surface area contributed by atoms with Gasteiger partial charge in [-0.2, -0.15) is 0 Å². The summed E-state index contributed by atoms with van der Waals surface area (Å²) in [4.78, 5) is 151. The lowest BCUT2D eigenvalue weighted by Crippen LogP contribution is -2.61. The maximum atomic E-state index is 14.3. The molecule has 26 nitrogen and oxygen atoms in total. The van der Waals surface area contributed by atoms with Crippen LogP contribution < -0.4 is 71.2 Å². The lowest BCUT2D eigenvalue weighted by molar-refractivity contribution is -0.137. The highest BCUT2D eigenvalue weighted by atomic mass is 33.1. The highest BCUT2D eigenvalue weighted by Crippen LogP contribution is 2.24. The average Bonchev–Trinajstić information content (AvgIpc) is 3.30. The van der Waals surface area contributed by atoms with Crippen molar-refractivity contribution in [2.24, 2.45) is 45.5 Å². The molecule has 1 aliphatic heterocycles. The van der Waals surface area contributed by atoms with E-state index in [2.05, 4.69) is 47.5 Å². The van der Waals surface area contributed by atoms with E-state index in [9.17, 15) is 57.8 Å². The predicted octanol–water partition coefficient (Wildman–Crippen LogP) is -4.00. The molecule has 0 radical (unpaired) electrons. The maximum absolute atomic E-state index is 14.3. The minimum atomic E-state index is -1.79. The summed E-state index contributed by atoms with van der Waals surface area (Å²) in [5, 5.41) is 30.2. The van der Waals surface area contributed by atoms with Crippen LogP contribution in [0.2, 0.25) is 0 Å². The van der Waals surface area contributed by atoms with E-state index in [0.29, 0.717) is 12.0 Å². The minimum Gasteiger partial charge on any atom is -0.508 e. The largest absolute Gasteiger partial charge is 0.508 e. The van der Waals surface area contributed by atoms with Crippen molar-refractivity contribution in [1.29, 1.82) is 0 Å². The molecule has 1 heterocycles. The number of rotatable bonds is 22. The summed E-state index contributed by atoms with van der Waals surface area (Å²) in [7, 11) is 2.12. The van der Waals surface area contributed by atoms with Crippen LogP contribution in [-0.2, 0) is 59.2 Å². The van der Waals surface area contributed by atoms with Gasteiger partial charge in [-0.05, 0) is 55.2 Å². The van der Waals surface area contributed by atoms with Crippen molar-refractivity contribution in [1.82, 2.24) is 42.5 Å². The molecule has 0 unspecified atom stereocenters. The van der Waals surface area contributed by atoms with Crippen LogP contribution in [0.25, 0.3) is 0 Å². The first-order valence-electron chi connectivity index (χ1n) is 23.2. The van der Waals surface area contributed by atoms with Crippen molar-refractivity contribution in [2.45, 2.75) is 128 Å². The van der Waals surface area contributed by atoms with Crippen LogP contribution >= 0.6 is 21.6 Å². The highest BCUT2D eigenvalue weighted by molar-refractivity contribution is 8.76. The molecule has 0 aromatic heterocycles. The number of hydrogen-bond donors (Lipinski definition) is 14. The molecular formula is C44H70N14O12S2. The molecule has 1 fully saturated rings. The fourth-order valence-electron chi connectivity index (χ4n) is 6.88. The Morgan fingerprint density at radius 1 is 0.750 bits per heavy atom. The third-order valence-corrected chi connectivity index (χ3v) is 13.3. The first kappa shape index (κ1) is 61.3. The van der Waals surface area contributed by atoms with Crippen LogP contribution in [0.4, 0.5) is 0 Å². The van der Waals surface area contributed by atoms with Gasteiger partial charge in [0.1, 0.15) is 48.0 Å². The fraction of sp³-hybridized carbons (Fsp3) is 0.591. The molecule has 0 aliphatic carbocycles. The molecule has 28 heteroatoms. The first-order chi connectivity index (χ1) is 33.9. The molecular weight excluding hydrogens is 981 g/mol.